The van der Waals surface area contributed by atoms with Gasteiger partial charge >= 0.3 is 7.82 Å². The van der Waals surface area contributed by atoms with Gasteiger partial charge in [0.05, 0.1) is 18.1 Å². The maximum atomic E-state index is 11.2. The SMILES string of the molecule is CC=COP(=O)(OF)OCl. The van der Waals surface area contributed by atoms with Crippen molar-refractivity contribution in [1.82, 2.24) is 0 Å². The molecule has 0 aliphatic rings. The predicted molar refractivity (Wildman–Crippen MR) is 32.6 cm³/mol. The van der Waals surface area contributed by atoms with Crippen molar-refractivity contribution in [3.63, 3.8) is 0 Å². The van der Waals surface area contributed by atoms with Crippen molar-refractivity contribution in [3.05, 3.63) is 12.3 Å². The van der Waals surface area contributed by atoms with Gasteiger partial charge in [-0.15, -0.1) is 0 Å². The number of halogens is 2. The van der Waals surface area contributed by atoms with Crippen molar-refractivity contribution < 1.29 is 22.4 Å². The third-order valence-corrected chi connectivity index (χ3v) is 1.72. The second-order valence-corrected chi connectivity index (χ2v) is 2.96. The van der Waals surface area contributed by atoms with E-state index >= 15 is 0 Å². The Morgan fingerprint density at radius 2 is 2.30 bits per heavy atom. The maximum Gasteiger partial charge on any atom is 0.578 e. The Kier molecular flexibility index (Phi) is 4.64. The first kappa shape index (κ1) is 9.91. The summed E-state index contributed by atoms with van der Waals surface area (Å²) in [4.78, 5) is 0. The zero-order valence-corrected chi connectivity index (χ0v) is 6.64. The molecule has 0 spiro atoms. The summed E-state index contributed by atoms with van der Waals surface area (Å²) < 4.78 is 32.2. The van der Waals surface area contributed by atoms with E-state index in [1.807, 2.05) is 0 Å². The van der Waals surface area contributed by atoms with Gasteiger partial charge in [0.1, 0.15) is 0 Å². The Morgan fingerprint density at radius 3 is 2.60 bits per heavy atom. The van der Waals surface area contributed by atoms with Gasteiger partial charge in [0.2, 0.25) is 0 Å². The van der Waals surface area contributed by atoms with Crippen LogP contribution in [-0.4, -0.2) is 0 Å². The second-order valence-electron chi connectivity index (χ2n) is 1.16. The van der Waals surface area contributed by atoms with Crippen molar-refractivity contribution in [2.75, 3.05) is 0 Å². The quantitative estimate of drug-likeness (QED) is 0.505. The topological polar surface area (TPSA) is 44.8 Å². The lowest BCUT2D eigenvalue weighted by atomic mass is 10.8. The van der Waals surface area contributed by atoms with Gasteiger partial charge in [-0.1, -0.05) is 10.8 Å². The molecular formula is C3H5ClFO4P. The van der Waals surface area contributed by atoms with Gasteiger partial charge in [0.25, 0.3) is 0 Å². The molecule has 0 bridgehead atoms. The first-order valence-corrected chi connectivity index (χ1v) is 3.95. The Morgan fingerprint density at radius 1 is 1.70 bits per heavy atom. The smallest absolute Gasteiger partial charge is 0.410 e. The summed E-state index contributed by atoms with van der Waals surface area (Å²) >= 11 is 4.56. The summed E-state index contributed by atoms with van der Waals surface area (Å²) in [5, 5.41) is 0. The van der Waals surface area contributed by atoms with E-state index in [9.17, 15) is 9.09 Å². The Balaban J connectivity index is 3.94. The highest BCUT2D eigenvalue weighted by Gasteiger charge is 2.27. The van der Waals surface area contributed by atoms with Crippen LogP contribution >= 0.6 is 19.7 Å². The highest BCUT2D eigenvalue weighted by molar-refractivity contribution is 7.49. The minimum absolute atomic E-state index is 0.933. The highest BCUT2D eigenvalue weighted by Crippen LogP contribution is 2.51. The number of allylic oxidation sites excluding steroid dienone is 1. The van der Waals surface area contributed by atoms with Crippen molar-refractivity contribution in [2.24, 2.45) is 0 Å². The van der Waals surface area contributed by atoms with Crippen molar-refractivity contribution >= 4 is 19.7 Å². The number of hydrogen-bond donors (Lipinski definition) is 0. The Hall–Kier alpha value is -0.0900. The van der Waals surface area contributed by atoms with Gasteiger partial charge in [-0.3, -0.25) is 0 Å². The van der Waals surface area contributed by atoms with E-state index in [1.165, 1.54) is 6.08 Å². The first-order chi connectivity index (χ1) is 4.68. The summed E-state index contributed by atoms with van der Waals surface area (Å²) in [5.74, 6) is 0. The summed E-state index contributed by atoms with van der Waals surface area (Å²) in [7, 11) is -4.19. The van der Waals surface area contributed by atoms with Crippen LogP contribution in [0.4, 0.5) is 4.53 Å². The number of phosphoric acid groups is 1. The lowest BCUT2D eigenvalue weighted by Crippen LogP contribution is -1.82. The second kappa shape index (κ2) is 4.68. The van der Waals surface area contributed by atoms with Gasteiger partial charge in [-0.25, -0.2) is 4.57 Å². The zero-order valence-electron chi connectivity index (χ0n) is 4.99. The first-order valence-electron chi connectivity index (χ1n) is 2.19. The van der Waals surface area contributed by atoms with E-state index in [1.54, 1.807) is 6.92 Å². The minimum Gasteiger partial charge on any atom is -0.410 e. The van der Waals surface area contributed by atoms with Gasteiger partial charge in [-0.05, 0) is 11.4 Å². The standard InChI is InChI=1S/C3H5ClFO4P/c1-2-3-7-10(6,8-4)9-5/h2-3H,1H3. The predicted octanol–water partition coefficient (Wildman–Crippen LogP) is 2.72. The summed E-state index contributed by atoms with van der Waals surface area (Å²) in [6, 6.07) is 0. The van der Waals surface area contributed by atoms with Crippen LogP contribution in [0.3, 0.4) is 0 Å². The zero-order chi connectivity index (χ0) is 8.04. The van der Waals surface area contributed by atoms with Crippen LogP contribution in [0.15, 0.2) is 12.3 Å². The van der Waals surface area contributed by atoms with Crippen LogP contribution in [0.25, 0.3) is 0 Å². The van der Waals surface area contributed by atoms with Crippen LogP contribution in [0.2, 0.25) is 0 Å². The molecule has 0 rings (SSSR count). The molecule has 4 nitrogen and oxygen atoms in total. The summed E-state index contributed by atoms with van der Waals surface area (Å²) in [5.41, 5.74) is 0. The van der Waals surface area contributed by atoms with Crippen LogP contribution in [0, 0.1) is 0 Å². The third kappa shape index (κ3) is 3.17. The summed E-state index contributed by atoms with van der Waals surface area (Å²) in [6.45, 7) is 1.57. The fraction of sp³-hybridized carbons (Fsp3) is 0.333. The molecule has 0 amide bonds. The van der Waals surface area contributed by atoms with Crippen LogP contribution in [0.5, 0.6) is 0 Å². The van der Waals surface area contributed by atoms with E-state index in [4.69, 9.17) is 0 Å². The molecule has 7 heteroatoms. The number of rotatable bonds is 4. The summed E-state index contributed by atoms with van der Waals surface area (Å²) in [6.07, 6.45) is 2.30. The minimum atomic E-state index is -4.19. The van der Waals surface area contributed by atoms with Gasteiger partial charge in [0.15, 0.2) is 0 Å². The molecule has 0 saturated heterocycles. The molecule has 0 aliphatic heterocycles. The van der Waals surface area contributed by atoms with Crippen LogP contribution < -0.4 is 0 Å². The normalized spacial score (nSPS) is 17.1. The van der Waals surface area contributed by atoms with E-state index in [-0.39, 0.29) is 0 Å². The van der Waals surface area contributed by atoms with E-state index in [2.05, 4.69) is 25.2 Å². The highest BCUT2D eigenvalue weighted by atomic mass is 35.5. The number of hydrogen-bond acceptors (Lipinski definition) is 4. The van der Waals surface area contributed by atoms with Crippen molar-refractivity contribution in [3.8, 4) is 0 Å². The Labute approximate surface area is 62.2 Å². The molecule has 1 atom stereocenters. The van der Waals surface area contributed by atoms with Crippen LogP contribution in [-0.2, 0) is 17.9 Å². The molecule has 0 radical (unpaired) electrons. The van der Waals surface area contributed by atoms with E-state index in [0.717, 1.165) is 6.26 Å². The molecule has 60 valence electrons. The molecule has 0 aromatic heterocycles. The lowest BCUT2D eigenvalue weighted by Gasteiger charge is -2.03. The average Bonchev–Trinajstić information content (AvgIpc) is 2.00. The van der Waals surface area contributed by atoms with Crippen LogP contribution in [0.1, 0.15) is 6.92 Å². The molecule has 0 fully saturated rings. The van der Waals surface area contributed by atoms with Crippen molar-refractivity contribution in [1.29, 1.82) is 0 Å². The molecule has 0 saturated carbocycles. The fourth-order valence-electron chi connectivity index (χ4n) is 0.179. The maximum absolute atomic E-state index is 11.2. The molecule has 0 aromatic carbocycles. The Bertz CT molecular complexity index is 153. The average molecular weight is 190 g/mol. The van der Waals surface area contributed by atoms with Crippen molar-refractivity contribution in [2.45, 2.75) is 6.92 Å². The lowest BCUT2D eigenvalue weighted by molar-refractivity contribution is -0.0370. The van der Waals surface area contributed by atoms with E-state index < -0.39 is 7.82 Å². The van der Waals surface area contributed by atoms with Gasteiger partial charge in [0, 0.05) is 0 Å². The van der Waals surface area contributed by atoms with Gasteiger partial charge < -0.3 is 4.52 Å². The monoisotopic (exact) mass is 190 g/mol. The molecule has 0 N–H and O–H groups in total. The third-order valence-electron chi connectivity index (χ3n) is 0.495. The van der Waals surface area contributed by atoms with E-state index in [0.29, 0.717) is 0 Å². The molecule has 1 unspecified atom stereocenters. The van der Waals surface area contributed by atoms with Gasteiger partial charge in [-0.2, -0.15) is 4.08 Å². The molecule has 0 aromatic rings. The molecule has 0 heterocycles. The fourth-order valence-corrected chi connectivity index (χ4v) is 0.697. The molecule has 10 heavy (non-hydrogen) atoms. The largest absolute Gasteiger partial charge is 0.578 e. The molecular weight excluding hydrogens is 185 g/mol. The molecule has 0 aliphatic carbocycles.